The molecule has 4 rings (SSSR count). The number of hydrogen-bond acceptors (Lipinski definition) is 5. The predicted octanol–water partition coefficient (Wildman–Crippen LogP) is 2.11. The van der Waals surface area contributed by atoms with E-state index in [1.54, 1.807) is 0 Å². The summed E-state index contributed by atoms with van der Waals surface area (Å²) in [5.41, 5.74) is 3.29. The van der Waals surface area contributed by atoms with Gasteiger partial charge in [0.05, 0.1) is 11.8 Å². The molecule has 3 heterocycles. The minimum atomic E-state index is -0.0587. The van der Waals surface area contributed by atoms with Crippen LogP contribution in [0.3, 0.4) is 0 Å². The van der Waals surface area contributed by atoms with Gasteiger partial charge in [0.2, 0.25) is 5.91 Å². The molecule has 0 saturated carbocycles. The molecule has 1 aromatic carbocycles. The molecule has 0 radical (unpaired) electrons. The number of piperazine rings is 1. The van der Waals surface area contributed by atoms with Gasteiger partial charge in [0.25, 0.3) is 5.91 Å². The standard InChI is InChI=1S/C22H30N4O3/c1-16-5-6-17(2)20(14-16)26-21(27)8-7-19(23-26)22(28)25-11-9-24(10-12-25)15-18-4-3-13-29-18/h5-6,14,18H,3-4,7-13,15H2,1-2H3. The second-order valence-electron chi connectivity index (χ2n) is 8.27. The van der Waals surface area contributed by atoms with Crippen molar-refractivity contribution in [3.63, 3.8) is 0 Å². The van der Waals surface area contributed by atoms with Crippen LogP contribution in [0.15, 0.2) is 23.3 Å². The van der Waals surface area contributed by atoms with Crippen molar-refractivity contribution in [2.75, 3.05) is 44.3 Å². The number of amides is 2. The third-order valence-electron chi connectivity index (χ3n) is 6.02. The Morgan fingerprint density at radius 2 is 1.97 bits per heavy atom. The molecule has 0 N–H and O–H groups in total. The zero-order valence-electron chi connectivity index (χ0n) is 17.4. The lowest BCUT2D eigenvalue weighted by atomic mass is 10.1. The highest BCUT2D eigenvalue weighted by Gasteiger charge is 2.31. The highest BCUT2D eigenvalue weighted by atomic mass is 16.5. The van der Waals surface area contributed by atoms with Gasteiger partial charge < -0.3 is 9.64 Å². The van der Waals surface area contributed by atoms with E-state index in [1.807, 2.05) is 36.9 Å². The van der Waals surface area contributed by atoms with E-state index in [0.717, 1.165) is 55.9 Å². The molecule has 2 amide bonds. The second kappa shape index (κ2) is 8.63. The van der Waals surface area contributed by atoms with Gasteiger partial charge in [-0.15, -0.1) is 0 Å². The Morgan fingerprint density at radius 3 is 2.69 bits per heavy atom. The molecule has 2 fully saturated rings. The zero-order valence-corrected chi connectivity index (χ0v) is 17.4. The van der Waals surface area contributed by atoms with E-state index in [2.05, 4.69) is 10.0 Å². The molecule has 1 unspecified atom stereocenters. The summed E-state index contributed by atoms with van der Waals surface area (Å²) in [5, 5.41) is 5.91. The number of hydrazone groups is 1. The molecule has 0 aromatic heterocycles. The number of anilines is 1. The number of carbonyl (C=O) groups excluding carboxylic acids is 2. The Balaban J connectivity index is 1.41. The third-order valence-corrected chi connectivity index (χ3v) is 6.02. The van der Waals surface area contributed by atoms with Crippen LogP contribution in [0, 0.1) is 13.8 Å². The smallest absolute Gasteiger partial charge is 0.270 e. The average molecular weight is 399 g/mol. The zero-order chi connectivity index (χ0) is 20.4. The van der Waals surface area contributed by atoms with E-state index in [9.17, 15) is 9.59 Å². The van der Waals surface area contributed by atoms with Crippen LogP contribution < -0.4 is 5.01 Å². The molecule has 2 saturated heterocycles. The van der Waals surface area contributed by atoms with E-state index in [4.69, 9.17) is 4.74 Å². The van der Waals surface area contributed by atoms with Gasteiger partial charge in [0.1, 0.15) is 5.71 Å². The van der Waals surface area contributed by atoms with Crippen molar-refractivity contribution in [1.29, 1.82) is 0 Å². The summed E-state index contributed by atoms with van der Waals surface area (Å²) in [6, 6.07) is 5.95. The third kappa shape index (κ3) is 4.51. The maximum atomic E-state index is 13.1. The van der Waals surface area contributed by atoms with E-state index < -0.39 is 0 Å². The normalized spacial score (nSPS) is 23.4. The molecule has 0 aliphatic carbocycles. The molecular formula is C22H30N4O3. The van der Waals surface area contributed by atoms with Crippen LogP contribution in [0.5, 0.6) is 0 Å². The number of benzene rings is 1. The fourth-order valence-corrected chi connectivity index (χ4v) is 4.24. The van der Waals surface area contributed by atoms with E-state index >= 15 is 0 Å². The van der Waals surface area contributed by atoms with Crippen molar-refractivity contribution in [3.8, 4) is 0 Å². The number of ether oxygens (including phenoxy) is 1. The number of hydrogen-bond donors (Lipinski definition) is 0. The minimum absolute atomic E-state index is 0.0374. The monoisotopic (exact) mass is 398 g/mol. The van der Waals surface area contributed by atoms with Gasteiger partial charge in [-0.2, -0.15) is 5.10 Å². The van der Waals surface area contributed by atoms with Crippen LogP contribution >= 0.6 is 0 Å². The van der Waals surface area contributed by atoms with Gasteiger partial charge in [-0.1, -0.05) is 12.1 Å². The maximum Gasteiger partial charge on any atom is 0.270 e. The molecule has 1 atom stereocenters. The molecule has 3 aliphatic rings. The first-order valence-corrected chi connectivity index (χ1v) is 10.6. The average Bonchev–Trinajstić information content (AvgIpc) is 3.23. The van der Waals surface area contributed by atoms with Gasteiger partial charge in [-0.25, -0.2) is 5.01 Å². The summed E-state index contributed by atoms with van der Waals surface area (Å²) in [4.78, 5) is 29.8. The summed E-state index contributed by atoms with van der Waals surface area (Å²) < 4.78 is 5.73. The molecule has 7 nitrogen and oxygen atoms in total. The van der Waals surface area contributed by atoms with Crippen LogP contribution in [-0.2, 0) is 14.3 Å². The lowest BCUT2D eigenvalue weighted by Gasteiger charge is -2.36. The van der Waals surface area contributed by atoms with Crippen LogP contribution in [0.4, 0.5) is 5.69 Å². The first-order chi connectivity index (χ1) is 14.0. The SMILES string of the molecule is Cc1ccc(C)c(N2N=C(C(=O)N3CCN(CC4CCCO4)CC3)CCC2=O)c1. The number of rotatable bonds is 4. The summed E-state index contributed by atoms with van der Waals surface area (Å²) in [7, 11) is 0. The highest BCUT2D eigenvalue weighted by molar-refractivity contribution is 6.40. The molecule has 156 valence electrons. The Bertz CT molecular complexity index is 808. The summed E-state index contributed by atoms with van der Waals surface area (Å²) in [6.45, 7) is 8.89. The van der Waals surface area contributed by atoms with Crippen molar-refractivity contribution in [2.24, 2.45) is 5.10 Å². The van der Waals surface area contributed by atoms with Crippen LogP contribution in [-0.4, -0.2) is 72.8 Å². The lowest BCUT2D eigenvalue weighted by Crippen LogP contribution is -2.52. The van der Waals surface area contributed by atoms with Crippen molar-refractivity contribution >= 4 is 23.2 Å². The molecule has 7 heteroatoms. The predicted molar refractivity (Wildman–Crippen MR) is 112 cm³/mol. The Morgan fingerprint density at radius 1 is 1.17 bits per heavy atom. The van der Waals surface area contributed by atoms with Crippen molar-refractivity contribution in [2.45, 2.75) is 45.6 Å². The fraction of sp³-hybridized carbons (Fsp3) is 0.591. The topological polar surface area (TPSA) is 65.5 Å². The molecule has 0 spiro atoms. The summed E-state index contributed by atoms with van der Waals surface area (Å²) in [6.07, 6.45) is 3.36. The summed E-state index contributed by atoms with van der Waals surface area (Å²) >= 11 is 0. The first-order valence-electron chi connectivity index (χ1n) is 10.6. The van der Waals surface area contributed by atoms with Crippen LogP contribution in [0.25, 0.3) is 0 Å². The summed E-state index contributed by atoms with van der Waals surface area (Å²) in [5.74, 6) is -0.0961. The van der Waals surface area contributed by atoms with Crippen LogP contribution in [0.1, 0.15) is 36.8 Å². The van der Waals surface area contributed by atoms with E-state index in [1.165, 1.54) is 5.01 Å². The maximum absolute atomic E-state index is 13.1. The van der Waals surface area contributed by atoms with Crippen molar-refractivity contribution in [1.82, 2.24) is 9.80 Å². The lowest BCUT2D eigenvalue weighted by molar-refractivity contribution is -0.126. The molecule has 1 aromatic rings. The quantitative estimate of drug-likeness (QED) is 0.779. The second-order valence-corrected chi connectivity index (χ2v) is 8.27. The largest absolute Gasteiger partial charge is 0.377 e. The van der Waals surface area contributed by atoms with Crippen LogP contribution in [0.2, 0.25) is 0 Å². The Kier molecular flexibility index (Phi) is 5.96. The minimum Gasteiger partial charge on any atom is -0.377 e. The number of carbonyl (C=O) groups is 2. The number of aryl methyl sites for hydroxylation is 2. The molecule has 0 bridgehead atoms. The highest BCUT2D eigenvalue weighted by Crippen LogP contribution is 2.26. The van der Waals surface area contributed by atoms with Gasteiger partial charge in [-0.05, 0) is 43.9 Å². The molecule has 3 aliphatic heterocycles. The first kappa shape index (κ1) is 20.0. The molecule has 29 heavy (non-hydrogen) atoms. The van der Waals surface area contributed by atoms with E-state index in [-0.39, 0.29) is 11.8 Å². The van der Waals surface area contributed by atoms with Gasteiger partial charge in [-0.3, -0.25) is 14.5 Å². The van der Waals surface area contributed by atoms with Gasteiger partial charge >= 0.3 is 0 Å². The van der Waals surface area contributed by atoms with Crippen molar-refractivity contribution < 1.29 is 14.3 Å². The van der Waals surface area contributed by atoms with E-state index in [0.29, 0.717) is 37.7 Å². The Labute approximate surface area is 172 Å². The van der Waals surface area contributed by atoms with Crippen molar-refractivity contribution in [3.05, 3.63) is 29.3 Å². The fourth-order valence-electron chi connectivity index (χ4n) is 4.24. The number of nitrogens with zero attached hydrogens (tertiary/aromatic N) is 4. The van der Waals surface area contributed by atoms with Gasteiger partial charge in [0.15, 0.2) is 0 Å². The van der Waals surface area contributed by atoms with Gasteiger partial charge in [0, 0.05) is 52.2 Å². The molecular weight excluding hydrogens is 368 g/mol. The Hall–Kier alpha value is -2.25.